The number of halogens is 2. The number of rotatable bonds is 20. The van der Waals surface area contributed by atoms with Gasteiger partial charge in [-0.05, 0) is 220 Å². The Bertz CT molecular complexity index is 8170. The molecule has 0 bridgehead atoms. The molecule has 0 saturated carbocycles. The van der Waals surface area contributed by atoms with Crippen LogP contribution >= 0.6 is 0 Å². The predicted octanol–water partition coefficient (Wildman–Crippen LogP) is 24.8. The van der Waals surface area contributed by atoms with Crippen molar-refractivity contribution in [2.45, 2.75) is 86.1 Å². The molecule has 10 aromatic carbocycles. The molecule has 0 aliphatic heterocycles. The summed E-state index contributed by atoms with van der Waals surface area (Å²) in [7, 11) is 0. The van der Waals surface area contributed by atoms with E-state index >= 15 is 0 Å². The summed E-state index contributed by atoms with van der Waals surface area (Å²) in [6.07, 6.45) is 22.2. The van der Waals surface area contributed by atoms with Crippen LogP contribution in [0.25, 0.3) is 129 Å². The van der Waals surface area contributed by atoms with Crippen molar-refractivity contribution in [3.05, 3.63) is 378 Å². The Balaban J connectivity index is 0.000000129. The van der Waals surface area contributed by atoms with Gasteiger partial charge >= 0.3 is 24.7 Å². The van der Waals surface area contributed by atoms with Gasteiger partial charge in [-0.2, -0.15) is 60.0 Å². The molecule has 0 unspecified atom stereocenters. The van der Waals surface area contributed by atoms with Crippen LogP contribution < -0.4 is 55.3 Å². The van der Waals surface area contributed by atoms with E-state index in [1.807, 2.05) is 159 Å². The summed E-state index contributed by atoms with van der Waals surface area (Å²) >= 11 is 0. The van der Waals surface area contributed by atoms with Crippen molar-refractivity contribution in [1.82, 2.24) is 73.8 Å². The number of fused-ring (bicyclic) bond motifs is 5. The van der Waals surface area contributed by atoms with E-state index in [-0.39, 0.29) is 29.7 Å². The average molecular weight is 1900 g/mol. The lowest BCUT2D eigenvalue weighted by Gasteiger charge is -2.13. The Morgan fingerprint density at radius 2 is 0.549 bits per heavy atom. The second-order valence-electron chi connectivity index (χ2n) is 33.8. The summed E-state index contributed by atoms with van der Waals surface area (Å²) in [5.74, 6) is 2.21. The molecule has 20 aromatic rings. The molecule has 0 amide bonds. The molecule has 10 aromatic heterocycles. The van der Waals surface area contributed by atoms with E-state index in [0.717, 1.165) is 104 Å². The van der Waals surface area contributed by atoms with Gasteiger partial charge in [-0.15, -0.1) is 0 Å². The minimum absolute atomic E-state index is 0.0819. The molecule has 0 aliphatic rings. The molecule has 10 heterocycles. The van der Waals surface area contributed by atoms with E-state index in [9.17, 15) is 8.78 Å². The zero-order chi connectivity index (χ0) is 102. The van der Waals surface area contributed by atoms with E-state index < -0.39 is 24.0 Å². The Labute approximate surface area is 826 Å². The zero-order valence-electron chi connectivity index (χ0n) is 79.1. The number of anilines is 15. The number of nitriles is 3. The van der Waals surface area contributed by atoms with Crippen molar-refractivity contribution in [3.63, 3.8) is 0 Å². The van der Waals surface area contributed by atoms with Crippen LogP contribution in [0.5, 0.6) is 0 Å². The molecule has 0 fully saturated rings. The number of benzene rings is 10. The molecule has 34 heteroatoms. The third-order valence-electron chi connectivity index (χ3n) is 23.9. The molecule has 5 atom stereocenters. The van der Waals surface area contributed by atoms with E-state index in [0.29, 0.717) is 90.8 Å². The van der Waals surface area contributed by atoms with Crippen molar-refractivity contribution in [2.24, 2.45) is 0 Å². The molecule has 0 aliphatic carbocycles. The first-order valence-electron chi connectivity index (χ1n) is 45.0. The fourth-order valence-corrected chi connectivity index (χ4v) is 16.2. The largest absolute Gasteiger partial charge is 0.403 e. The van der Waals surface area contributed by atoms with Crippen LogP contribution in [0.2, 0.25) is 0 Å². The average Bonchev–Trinajstić information content (AvgIpc) is 0.814. The molecule has 706 valence electrons. The Morgan fingerprint density at radius 3 is 0.819 bits per heavy atom. The van der Waals surface area contributed by atoms with Crippen LogP contribution in [-0.2, 0) is 0 Å². The first-order valence-corrected chi connectivity index (χ1v) is 45.0. The normalized spacial score (nSPS) is 11.8. The van der Waals surface area contributed by atoms with Crippen LogP contribution in [0.3, 0.4) is 0 Å². The van der Waals surface area contributed by atoms with Crippen molar-refractivity contribution in [3.8, 4) is 73.8 Å². The molecule has 20 rings (SSSR count). The highest BCUT2D eigenvalue weighted by molar-refractivity contribution is 6.03. The summed E-state index contributed by atoms with van der Waals surface area (Å²) in [4.78, 5) is 35.3. The maximum absolute atomic E-state index is 15.0. The topological polar surface area (TPSA) is 433 Å². The monoisotopic (exact) mass is 1900 g/mol. The van der Waals surface area contributed by atoms with E-state index in [4.69, 9.17) is 70.7 Å². The lowest BCUT2D eigenvalue weighted by atomic mass is 9.96. The molecular weight excluding hydrogens is 1810 g/mol. The highest BCUT2D eigenvalue weighted by Crippen LogP contribution is 2.42. The first kappa shape index (κ1) is 96.7. The smallest absolute Gasteiger partial charge is 0.398 e. The van der Waals surface area contributed by atoms with Crippen LogP contribution in [0, 0.1) is 107 Å². The van der Waals surface area contributed by atoms with E-state index in [2.05, 4.69) is 178 Å². The molecule has 0 spiro atoms. The van der Waals surface area contributed by atoms with E-state index in [1.165, 1.54) is 26.1 Å². The molecule has 32 nitrogen and oxygen atoms in total. The summed E-state index contributed by atoms with van der Waals surface area (Å²) in [5, 5.41) is 71.9. The van der Waals surface area contributed by atoms with Crippen LogP contribution in [0.15, 0.2) is 293 Å². The fraction of sp³-hybridized carbons (Fsp3) is 0.118. The first-order chi connectivity index (χ1) is 69.7. The highest BCUT2D eigenvalue weighted by atomic mass is 19.1. The second-order valence-corrected chi connectivity index (χ2v) is 33.8. The maximum atomic E-state index is 15.0. The van der Waals surface area contributed by atoms with Crippen LogP contribution in [-0.4, -0.2) is 73.8 Å². The van der Waals surface area contributed by atoms with Gasteiger partial charge in [0.15, 0.2) is 23.8 Å². The van der Waals surface area contributed by atoms with Gasteiger partial charge in [0.1, 0.15) is 35.1 Å². The third kappa shape index (κ3) is 21.5. The molecule has 15 N–H and O–H groups in total. The number of nitrogen functional groups attached to an aromatic ring is 5. The summed E-state index contributed by atoms with van der Waals surface area (Å²) in [5.41, 5.74) is 51.3. The fourth-order valence-electron chi connectivity index (χ4n) is 16.2. The molecule has 144 heavy (non-hydrogen) atoms. The lowest BCUT2D eigenvalue weighted by Crippen LogP contribution is -2.02. The van der Waals surface area contributed by atoms with Crippen LogP contribution in [0.1, 0.15) is 79.3 Å². The Hall–Kier alpha value is -20.4. The van der Waals surface area contributed by atoms with Gasteiger partial charge in [-0.1, -0.05) is 121 Å². The zero-order valence-corrected chi connectivity index (χ0v) is 79.1. The molecule has 0 radical (unpaired) electrons. The Kier molecular flexibility index (Phi) is 28.8. The van der Waals surface area contributed by atoms with Crippen molar-refractivity contribution >= 4 is 140 Å². The number of aromatic nitrogens is 15. The number of nitrogens with zero attached hydrogens (tertiary/aromatic N) is 22. The van der Waals surface area contributed by atoms with Crippen molar-refractivity contribution in [1.29, 1.82) is 15.8 Å². The standard InChI is InChI=1S/2C22H19FN6.2C22H17N7.C22H20N6/c2*1-13-6-4-5-7-17(13)18-8-15-9-20(26-11-19(15)22(24)21(18)23)28-16-10-27-29(12-16)14(2)25-3;2*1-14-5-3-4-6-18(14)15-7-16-9-21(26-12-19(16)20(24)8-15)28-17-11-27-29(13-17)22(10-23)25-2;1-14-5-3-4-6-19(14)16-7-17-9-22(25-12-20(17)21(24)8-16)27-18-11-26-28(13-18)15(2)10-23/h2*4-12,14H,24H2,1-2H3,(H,26,28);2*3-9,11-13,22H,24H2,1H3,(H,26,28);3-9,11-13,15H,24H2,1-2H3,(H,25,27)/t2*14-;2*22-;15-/m10100/s1. The predicted molar refractivity (Wildman–Crippen MR) is 565 cm³/mol. The van der Waals surface area contributed by atoms with E-state index in [1.54, 1.807) is 140 Å². The van der Waals surface area contributed by atoms with Gasteiger partial charge in [-0.25, -0.2) is 60.0 Å². The highest BCUT2D eigenvalue weighted by Gasteiger charge is 2.23. The second kappa shape index (κ2) is 42.9. The number of hydrogen-bond donors (Lipinski definition) is 10. The number of nitrogens with one attached hydrogen (secondary N) is 5. The van der Waals surface area contributed by atoms with Crippen molar-refractivity contribution in [2.75, 3.05) is 55.3 Å². The minimum atomic E-state index is -0.980. The lowest BCUT2D eigenvalue weighted by molar-refractivity contribution is 0.577. The van der Waals surface area contributed by atoms with Crippen LogP contribution in [0.4, 0.5) is 94.7 Å². The van der Waals surface area contributed by atoms with Gasteiger partial charge in [-0.3, -0.25) is 24.1 Å². The van der Waals surface area contributed by atoms with Gasteiger partial charge in [0.2, 0.25) is 0 Å². The van der Waals surface area contributed by atoms with Crippen molar-refractivity contribution < 1.29 is 8.78 Å². The van der Waals surface area contributed by atoms with Gasteiger partial charge < -0.3 is 55.3 Å². The SMILES string of the molecule is Cc1ccccc1-c1cc(N)c2cnc(Nc3cnn([C@@H](C)C#N)c3)cc2c1.[C-]#[N+][C@@H](C#N)n1cc(Nc2cc3cc(-c4ccccc4C)cc(N)c3cn2)cn1.[C-]#[N+][C@@H](C)n1cc(Nc2cc3cc(-c4ccccc4C)c(F)c(N)c3cn2)cn1.[C-]#[N+][C@H](C#N)n1cc(Nc2cc3cc(-c4ccccc4C)cc(N)c3cn2)cn1.[C-]#[N+][C@H](C)n1cc(Nc2cc3cc(-c4ccccc4C)c(F)c(N)c3cn2)cn1. The summed E-state index contributed by atoms with van der Waals surface area (Å²) in [6, 6.07) is 70.7. The number of nitrogens with two attached hydrogens (primary N) is 5. The third-order valence-corrected chi connectivity index (χ3v) is 23.9. The van der Waals surface area contributed by atoms with Gasteiger partial charge in [0, 0.05) is 106 Å². The summed E-state index contributed by atoms with van der Waals surface area (Å²) < 4.78 is 37.3. The number of aryl methyl sites for hydroxylation is 5. The number of pyridine rings is 5. The quantitative estimate of drug-likeness (QED) is 0.0250. The maximum Gasteiger partial charge on any atom is 0.403 e. The summed E-state index contributed by atoms with van der Waals surface area (Å²) in [6.45, 7) is 43.7. The van der Waals surface area contributed by atoms with Gasteiger partial charge in [0.05, 0.1) is 102 Å². The Morgan fingerprint density at radius 1 is 0.299 bits per heavy atom. The molecular formula is C110H92F2N32. The van der Waals surface area contributed by atoms with Gasteiger partial charge in [0.25, 0.3) is 0 Å². The number of hydrogen-bond acceptors (Lipinski definition) is 23. The molecule has 0 saturated heterocycles. The minimum Gasteiger partial charge on any atom is -0.398 e.